The van der Waals surface area contributed by atoms with Crippen molar-refractivity contribution in [2.45, 2.75) is 76.2 Å². The summed E-state index contributed by atoms with van der Waals surface area (Å²) >= 11 is 0. The van der Waals surface area contributed by atoms with Crippen LogP contribution in [0.2, 0.25) is 0 Å². The number of aliphatic carboxylic acids is 1. The monoisotopic (exact) mass is 654 g/mol. The lowest BCUT2D eigenvalue weighted by Gasteiger charge is -2.17. The Kier molecular flexibility index (Phi) is 13.3. The lowest BCUT2D eigenvalue weighted by atomic mass is 9.88. The first kappa shape index (κ1) is 36.2. The first-order valence-corrected chi connectivity index (χ1v) is 16.7. The predicted molar refractivity (Wildman–Crippen MR) is 174 cm³/mol. The third-order valence-electron chi connectivity index (χ3n) is 7.55. The number of benzene rings is 3. The Morgan fingerprint density at radius 2 is 1.61 bits per heavy atom. The van der Waals surface area contributed by atoms with E-state index >= 15 is 0 Å². The summed E-state index contributed by atoms with van der Waals surface area (Å²) in [7, 11) is -3.71. The number of ketones is 1. The van der Waals surface area contributed by atoms with Crippen LogP contribution in [0.15, 0.2) is 65.6 Å². The molecular formula is C34H42N2O9S. The van der Waals surface area contributed by atoms with Crippen molar-refractivity contribution >= 4 is 33.4 Å². The lowest BCUT2D eigenvalue weighted by molar-refractivity contribution is -0.139. The maximum absolute atomic E-state index is 12.9. The maximum atomic E-state index is 12.9. The van der Waals surface area contributed by atoms with Gasteiger partial charge in [-0.25, -0.2) is 17.9 Å². The molecule has 0 aliphatic rings. The Labute approximate surface area is 269 Å². The molecule has 0 bridgehead atoms. The number of sulfonamides is 1. The number of aliphatic hydroxyl groups is 1. The van der Waals surface area contributed by atoms with Crippen molar-refractivity contribution in [3.05, 3.63) is 82.9 Å². The number of amides is 1. The van der Waals surface area contributed by atoms with Crippen molar-refractivity contribution in [3.63, 3.8) is 0 Å². The standard InChI is InChI=1S/C34H42N2O9S/c1-4-24-9-13-28(14-10-24)46(43,44)35-18-17-25-11-16-31(45-21-33(40)41)30(19-25)36-32(39)8-6-5-7-26-20-27(38)12-15-29(26)22(2)34(42)23(3)37/h9-16,19-20,22-23,35,37-38H,4-8,17-18,21H2,1-3H3,(H,36,39)(H,40,41). The van der Waals surface area contributed by atoms with Crippen molar-refractivity contribution < 1.29 is 42.9 Å². The number of carboxylic acids is 1. The first-order chi connectivity index (χ1) is 21.8. The van der Waals surface area contributed by atoms with Crippen LogP contribution >= 0.6 is 0 Å². The molecule has 0 fully saturated rings. The molecule has 3 aromatic carbocycles. The normalized spacial score (nSPS) is 12.7. The van der Waals surface area contributed by atoms with E-state index in [0.717, 1.165) is 17.5 Å². The number of hydrogen-bond donors (Lipinski definition) is 5. The molecule has 0 spiro atoms. The van der Waals surface area contributed by atoms with Gasteiger partial charge in [0, 0.05) is 18.9 Å². The summed E-state index contributed by atoms with van der Waals surface area (Å²) in [6.45, 7) is 4.59. The van der Waals surface area contributed by atoms with E-state index in [1.54, 1.807) is 55.5 Å². The zero-order valence-electron chi connectivity index (χ0n) is 26.3. The number of carbonyl (C=O) groups is 3. The number of ether oxygens (including phenoxy) is 1. The molecule has 0 heterocycles. The van der Waals surface area contributed by atoms with Crippen LogP contribution in [0.4, 0.5) is 5.69 Å². The molecule has 2 atom stereocenters. The number of anilines is 1. The minimum atomic E-state index is -3.71. The second-order valence-corrected chi connectivity index (χ2v) is 12.9. The largest absolute Gasteiger partial charge is 0.508 e. The molecule has 0 aromatic heterocycles. The molecule has 2 unspecified atom stereocenters. The van der Waals surface area contributed by atoms with Crippen LogP contribution < -0.4 is 14.8 Å². The van der Waals surface area contributed by atoms with Crippen molar-refractivity contribution in [2.24, 2.45) is 0 Å². The van der Waals surface area contributed by atoms with E-state index in [9.17, 15) is 33.0 Å². The summed E-state index contributed by atoms with van der Waals surface area (Å²) in [5, 5.41) is 31.5. The van der Waals surface area contributed by atoms with Gasteiger partial charge in [0.1, 0.15) is 17.6 Å². The highest BCUT2D eigenvalue weighted by Crippen LogP contribution is 2.28. The van der Waals surface area contributed by atoms with Crippen LogP contribution in [-0.4, -0.2) is 60.7 Å². The summed E-state index contributed by atoms with van der Waals surface area (Å²) in [5.41, 5.74) is 3.46. The van der Waals surface area contributed by atoms with Gasteiger partial charge in [0.2, 0.25) is 15.9 Å². The van der Waals surface area contributed by atoms with E-state index < -0.39 is 34.6 Å². The summed E-state index contributed by atoms with van der Waals surface area (Å²) in [6, 6.07) is 16.2. The number of rotatable bonds is 18. The van der Waals surface area contributed by atoms with Gasteiger partial charge in [-0.1, -0.05) is 38.1 Å². The molecule has 0 radical (unpaired) electrons. The van der Waals surface area contributed by atoms with Crippen LogP contribution in [0.25, 0.3) is 0 Å². The highest BCUT2D eigenvalue weighted by Gasteiger charge is 2.22. The molecule has 0 aliphatic heterocycles. The quantitative estimate of drug-likeness (QED) is 0.125. The number of aryl methyl sites for hydroxylation is 2. The minimum absolute atomic E-state index is 0.0559. The number of phenols is 1. The molecule has 0 saturated carbocycles. The molecule has 5 N–H and O–H groups in total. The molecule has 12 heteroatoms. The second-order valence-electron chi connectivity index (χ2n) is 11.1. The average molecular weight is 655 g/mol. The van der Waals surface area contributed by atoms with Gasteiger partial charge in [-0.2, -0.15) is 0 Å². The van der Waals surface area contributed by atoms with Crippen LogP contribution in [-0.2, 0) is 43.7 Å². The van der Waals surface area contributed by atoms with Crippen molar-refractivity contribution in [1.29, 1.82) is 0 Å². The zero-order valence-corrected chi connectivity index (χ0v) is 27.1. The van der Waals surface area contributed by atoms with Gasteiger partial charge < -0.3 is 25.4 Å². The lowest BCUT2D eigenvalue weighted by Crippen LogP contribution is -2.26. The number of phenolic OH excluding ortho intramolecular Hbond substituents is 1. The van der Waals surface area contributed by atoms with Gasteiger partial charge in [-0.15, -0.1) is 0 Å². The first-order valence-electron chi connectivity index (χ1n) is 15.2. The van der Waals surface area contributed by atoms with Crippen LogP contribution in [0.1, 0.15) is 68.2 Å². The molecule has 3 rings (SSSR count). The molecule has 1 amide bonds. The van der Waals surface area contributed by atoms with Gasteiger partial charge in [0.25, 0.3) is 0 Å². The molecular weight excluding hydrogens is 612 g/mol. The summed E-state index contributed by atoms with van der Waals surface area (Å²) in [6.07, 6.45) is 1.67. The summed E-state index contributed by atoms with van der Waals surface area (Å²) in [5.74, 6) is -2.18. The fourth-order valence-electron chi connectivity index (χ4n) is 4.97. The number of carbonyl (C=O) groups excluding carboxylic acids is 2. The average Bonchev–Trinajstić information content (AvgIpc) is 3.02. The fourth-order valence-corrected chi connectivity index (χ4v) is 6.00. The van der Waals surface area contributed by atoms with E-state index in [0.29, 0.717) is 36.8 Å². The topological polar surface area (TPSA) is 179 Å². The van der Waals surface area contributed by atoms with E-state index in [2.05, 4.69) is 10.0 Å². The number of carboxylic acid groups (broad SMARTS) is 1. The van der Waals surface area contributed by atoms with Crippen LogP contribution in [0.5, 0.6) is 11.5 Å². The number of Topliss-reactive ketones (excluding diaryl/α,β-unsaturated/α-hetero) is 1. The van der Waals surface area contributed by atoms with Crippen LogP contribution in [0.3, 0.4) is 0 Å². The molecule has 0 saturated heterocycles. The zero-order chi connectivity index (χ0) is 33.9. The number of nitrogens with one attached hydrogen (secondary N) is 2. The van der Waals surface area contributed by atoms with Gasteiger partial charge in [-0.3, -0.25) is 9.59 Å². The van der Waals surface area contributed by atoms with E-state index in [4.69, 9.17) is 9.84 Å². The molecule has 248 valence electrons. The maximum Gasteiger partial charge on any atom is 0.341 e. The van der Waals surface area contributed by atoms with Gasteiger partial charge in [-0.05, 0) is 97.7 Å². The van der Waals surface area contributed by atoms with Crippen molar-refractivity contribution in [3.8, 4) is 11.5 Å². The van der Waals surface area contributed by atoms with Crippen molar-refractivity contribution in [1.82, 2.24) is 4.72 Å². The molecule has 0 aliphatic carbocycles. The highest BCUT2D eigenvalue weighted by atomic mass is 32.2. The van der Waals surface area contributed by atoms with E-state index in [1.807, 2.05) is 6.92 Å². The van der Waals surface area contributed by atoms with E-state index in [1.165, 1.54) is 19.1 Å². The number of hydrogen-bond acceptors (Lipinski definition) is 8. The van der Waals surface area contributed by atoms with Crippen molar-refractivity contribution in [2.75, 3.05) is 18.5 Å². The smallest absolute Gasteiger partial charge is 0.341 e. The Hall–Kier alpha value is -4.26. The fraction of sp³-hybridized carbons (Fsp3) is 0.382. The predicted octanol–water partition coefficient (Wildman–Crippen LogP) is 4.34. The SMILES string of the molecule is CCc1ccc(S(=O)(=O)NCCc2ccc(OCC(=O)O)c(NC(=O)CCCCc3cc(O)ccc3C(C)C(=O)C(C)O)c2)cc1. The number of aliphatic hydroxyl groups excluding tert-OH is 1. The number of aromatic hydroxyl groups is 1. The van der Waals surface area contributed by atoms with Gasteiger partial charge in [0.15, 0.2) is 12.4 Å². The Bertz CT molecular complexity index is 1620. The Morgan fingerprint density at radius 3 is 2.26 bits per heavy atom. The third kappa shape index (κ3) is 10.7. The molecule has 11 nitrogen and oxygen atoms in total. The molecule has 46 heavy (non-hydrogen) atoms. The van der Waals surface area contributed by atoms with Gasteiger partial charge in [0.05, 0.1) is 10.6 Å². The molecule has 3 aromatic rings. The summed E-state index contributed by atoms with van der Waals surface area (Å²) in [4.78, 5) is 36.5. The third-order valence-corrected chi connectivity index (χ3v) is 9.03. The highest BCUT2D eigenvalue weighted by molar-refractivity contribution is 7.89. The number of unbranched alkanes of at least 4 members (excludes halogenated alkanes) is 1. The Morgan fingerprint density at radius 1 is 0.913 bits per heavy atom. The van der Waals surface area contributed by atoms with Gasteiger partial charge >= 0.3 is 5.97 Å². The van der Waals surface area contributed by atoms with E-state index in [-0.39, 0.29) is 46.7 Å². The van der Waals surface area contributed by atoms with Crippen LogP contribution in [0, 0.1) is 0 Å². The minimum Gasteiger partial charge on any atom is -0.508 e. The summed E-state index contributed by atoms with van der Waals surface area (Å²) < 4.78 is 33.3. The Balaban J connectivity index is 1.61. The second kappa shape index (κ2) is 16.9.